The zero-order valence-corrected chi connectivity index (χ0v) is 13.0. The predicted molar refractivity (Wildman–Crippen MR) is 81.9 cm³/mol. The molecule has 0 spiro atoms. The number of fused-ring (bicyclic) bond motifs is 1. The van der Waals surface area contributed by atoms with Gasteiger partial charge in [-0.3, -0.25) is 0 Å². The number of nitrogens with two attached hydrogens (primary N) is 1. The molecule has 3 atom stereocenters. The summed E-state index contributed by atoms with van der Waals surface area (Å²) in [7, 11) is -3.38. The Morgan fingerprint density at radius 1 is 1.38 bits per heavy atom. The van der Waals surface area contributed by atoms with E-state index in [1.165, 1.54) is 23.9 Å². The molecule has 3 rings (SSSR count). The minimum Gasteiger partial charge on any atom is -0.314 e. The van der Waals surface area contributed by atoms with Gasteiger partial charge >= 0.3 is 0 Å². The van der Waals surface area contributed by atoms with Crippen molar-refractivity contribution in [2.75, 3.05) is 5.75 Å². The molecular weight excluding hydrogens is 313 g/mol. The molecule has 3 unspecified atom stereocenters. The highest BCUT2D eigenvalue weighted by atomic mass is 32.3. The molecular formula is C13H16FN3O2S2. The summed E-state index contributed by atoms with van der Waals surface area (Å²) in [6, 6.07) is 5.99. The summed E-state index contributed by atoms with van der Waals surface area (Å²) in [4.78, 5) is 0. The predicted octanol–water partition coefficient (Wildman–Crippen LogP) is 1.01. The summed E-state index contributed by atoms with van der Waals surface area (Å²) in [6.07, 6.45) is -0.412. The molecule has 1 fully saturated rings. The maximum absolute atomic E-state index is 13.5. The third-order valence-electron chi connectivity index (χ3n) is 3.69. The minimum absolute atomic E-state index is 0.0102. The number of sulfone groups is 1. The zero-order valence-electron chi connectivity index (χ0n) is 11.3. The van der Waals surface area contributed by atoms with Crippen molar-refractivity contribution in [3.63, 3.8) is 0 Å². The van der Waals surface area contributed by atoms with Crippen LogP contribution in [0.25, 0.3) is 5.57 Å². The van der Waals surface area contributed by atoms with Crippen molar-refractivity contribution in [2.45, 2.75) is 18.5 Å². The highest BCUT2D eigenvalue weighted by Gasteiger charge is 2.47. The van der Waals surface area contributed by atoms with Crippen molar-refractivity contribution in [1.29, 1.82) is 0 Å². The highest BCUT2D eigenvalue weighted by Crippen LogP contribution is 2.50. The van der Waals surface area contributed by atoms with Crippen molar-refractivity contribution in [2.24, 2.45) is 11.7 Å². The second-order valence-electron chi connectivity index (χ2n) is 4.99. The van der Waals surface area contributed by atoms with Gasteiger partial charge in [0.15, 0.2) is 9.84 Å². The fraction of sp³-hybridized carbons (Fsp3) is 0.385. The van der Waals surface area contributed by atoms with E-state index >= 15 is 0 Å². The van der Waals surface area contributed by atoms with Gasteiger partial charge in [0.1, 0.15) is 10.1 Å². The maximum atomic E-state index is 13.5. The van der Waals surface area contributed by atoms with Crippen molar-refractivity contribution in [3.8, 4) is 0 Å². The van der Waals surface area contributed by atoms with E-state index < -0.39 is 21.8 Å². The van der Waals surface area contributed by atoms with Crippen LogP contribution in [0.5, 0.6) is 0 Å². The number of halogens is 1. The number of rotatable bonds is 3. The Morgan fingerprint density at radius 2 is 2.14 bits per heavy atom. The van der Waals surface area contributed by atoms with Crippen LogP contribution in [0, 0.1) is 11.7 Å². The summed E-state index contributed by atoms with van der Waals surface area (Å²) in [5.41, 5.74) is 13.1. The monoisotopic (exact) mass is 329 g/mol. The first-order valence-electron chi connectivity index (χ1n) is 6.60. The van der Waals surface area contributed by atoms with Crippen LogP contribution in [0.2, 0.25) is 0 Å². The molecule has 0 radical (unpaired) electrons. The number of benzene rings is 1. The van der Waals surface area contributed by atoms with Gasteiger partial charge in [0.25, 0.3) is 0 Å². The van der Waals surface area contributed by atoms with Crippen molar-refractivity contribution in [1.82, 2.24) is 10.9 Å². The Bertz CT molecular complexity index is 705. The lowest BCUT2D eigenvalue weighted by molar-refractivity contribution is 0.539. The molecule has 5 nitrogen and oxygen atoms in total. The van der Waals surface area contributed by atoms with Gasteiger partial charge in [-0.2, -0.15) is 0 Å². The standard InChI is InChI=1S/C13H16FN3O2S2/c1-2-21(18,19)13-9(7-4-3-5-8(14)6-7)10-11(15)16-17-12(10)20-13/h3-6,10-12,16-17H,2,15H2,1H3. The number of thioether (sulfide) groups is 1. The Labute approximate surface area is 127 Å². The first kappa shape index (κ1) is 15.0. The van der Waals surface area contributed by atoms with Crippen LogP contribution in [0.3, 0.4) is 0 Å². The molecule has 1 aromatic carbocycles. The van der Waals surface area contributed by atoms with E-state index in [1.807, 2.05) is 0 Å². The van der Waals surface area contributed by atoms with Gasteiger partial charge in [0, 0.05) is 5.92 Å². The average molecular weight is 329 g/mol. The zero-order chi connectivity index (χ0) is 15.2. The SMILES string of the molecule is CCS(=O)(=O)C1=C(c2cccc(F)c2)C2C(N)NNC2S1. The molecule has 4 N–H and O–H groups in total. The molecule has 0 bridgehead atoms. The summed E-state index contributed by atoms with van der Waals surface area (Å²) in [5.74, 6) is -0.599. The third kappa shape index (κ3) is 2.51. The quantitative estimate of drug-likeness (QED) is 0.768. The maximum Gasteiger partial charge on any atom is 0.184 e. The Kier molecular flexibility index (Phi) is 3.83. The highest BCUT2D eigenvalue weighted by molar-refractivity contribution is 8.19. The number of hydrazine groups is 1. The van der Waals surface area contributed by atoms with Gasteiger partial charge in [0.2, 0.25) is 0 Å². The van der Waals surface area contributed by atoms with E-state index in [1.54, 1.807) is 19.1 Å². The van der Waals surface area contributed by atoms with Crippen LogP contribution in [-0.4, -0.2) is 25.7 Å². The molecule has 114 valence electrons. The fourth-order valence-electron chi connectivity index (χ4n) is 2.63. The van der Waals surface area contributed by atoms with Gasteiger partial charge in [-0.25, -0.2) is 23.7 Å². The number of hydrogen-bond acceptors (Lipinski definition) is 6. The topological polar surface area (TPSA) is 84.2 Å². The molecule has 21 heavy (non-hydrogen) atoms. The van der Waals surface area contributed by atoms with Gasteiger partial charge in [0.05, 0.1) is 17.3 Å². The molecule has 0 saturated carbocycles. The van der Waals surface area contributed by atoms with E-state index in [-0.39, 0.29) is 17.0 Å². The number of nitrogens with one attached hydrogen (secondary N) is 2. The van der Waals surface area contributed by atoms with E-state index in [0.29, 0.717) is 15.4 Å². The first-order chi connectivity index (χ1) is 9.94. The summed E-state index contributed by atoms with van der Waals surface area (Å²) < 4.78 is 38.5. The van der Waals surface area contributed by atoms with E-state index in [0.717, 1.165) is 0 Å². The minimum atomic E-state index is -3.38. The molecule has 1 aromatic rings. The van der Waals surface area contributed by atoms with Gasteiger partial charge in [-0.15, -0.1) is 0 Å². The van der Waals surface area contributed by atoms with Crippen LogP contribution in [0.4, 0.5) is 4.39 Å². The largest absolute Gasteiger partial charge is 0.314 e. The van der Waals surface area contributed by atoms with Gasteiger partial charge in [-0.1, -0.05) is 30.8 Å². The smallest absolute Gasteiger partial charge is 0.184 e. The first-order valence-corrected chi connectivity index (χ1v) is 9.13. The molecule has 1 saturated heterocycles. The fourth-order valence-corrected chi connectivity index (χ4v) is 5.93. The molecule has 0 amide bonds. The summed E-state index contributed by atoms with van der Waals surface area (Å²) in [6.45, 7) is 1.60. The van der Waals surface area contributed by atoms with Crippen LogP contribution < -0.4 is 16.6 Å². The molecule has 0 aromatic heterocycles. The van der Waals surface area contributed by atoms with Crippen LogP contribution in [0.15, 0.2) is 28.5 Å². The van der Waals surface area contributed by atoms with Crippen molar-refractivity contribution in [3.05, 3.63) is 39.9 Å². The molecule has 8 heteroatoms. The van der Waals surface area contributed by atoms with E-state index in [4.69, 9.17) is 5.73 Å². The van der Waals surface area contributed by atoms with Gasteiger partial charge < -0.3 is 5.73 Å². The third-order valence-corrected chi connectivity index (χ3v) is 7.39. The summed E-state index contributed by atoms with van der Waals surface area (Å²) in [5, 5.41) is -0.158. The molecule has 0 aliphatic carbocycles. The van der Waals surface area contributed by atoms with Crippen LogP contribution >= 0.6 is 11.8 Å². The lowest BCUT2D eigenvalue weighted by Gasteiger charge is -2.17. The number of hydrogen-bond donors (Lipinski definition) is 3. The lowest BCUT2D eigenvalue weighted by Crippen LogP contribution is -2.39. The van der Waals surface area contributed by atoms with Crippen LogP contribution in [0.1, 0.15) is 12.5 Å². The summed E-state index contributed by atoms with van der Waals surface area (Å²) >= 11 is 1.24. The van der Waals surface area contributed by atoms with Crippen LogP contribution in [-0.2, 0) is 9.84 Å². The van der Waals surface area contributed by atoms with E-state index in [9.17, 15) is 12.8 Å². The Morgan fingerprint density at radius 3 is 2.81 bits per heavy atom. The molecule has 2 aliphatic heterocycles. The normalized spacial score (nSPS) is 29.0. The lowest BCUT2D eigenvalue weighted by atomic mass is 9.92. The van der Waals surface area contributed by atoms with Crippen molar-refractivity contribution >= 4 is 27.2 Å². The molecule has 2 aliphatic rings. The second-order valence-corrected chi connectivity index (χ2v) is 8.62. The average Bonchev–Trinajstić information content (AvgIpc) is 3.00. The second kappa shape index (κ2) is 5.36. The Balaban J connectivity index is 2.19. The Hall–Kier alpha value is -0.930. The van der Waals surface area contributed by atoms with Gasteiger partial charge in [-0.05, 0) is 23.3 Å². The van der Waals surface area contributed by atoms with Crippen molar-refractivity contribution < 1.29 is 12.8 Å². The van der Waals surface area contributed by atoms with E-state index in [2.05, 4.69) is 10.9 Å². The molecule has 2 heterocycles.